The van der Waals surface area contributed by atoms with Crippen molar-refractivity contribution in [3.63, 3.8) is 0 Å². The van der Waals surface area contributed by atoms with Gasteiger partial charge in [0.05, 0.1) is 7.11 Å². The summed E-state index contributed by atoms with van der Waals surface area (Å²) in [5.74, 6) is 1.52. The van der Waals surface area contributed by atoms with Crippen molar-refractivity contribution in [2.45, 2.75) is 38.0 Å². The van der Waals surface area contributed by atoms with Crippen LogP contribution in [0, 0.1) is 0 Å². The Labute approximate surface area is 91.4 Å². The van der Waals surface area contributed by atoms with Crippen LogP contribution in [0.2, 0.25) is 0 Å². The molecule has 2 rings (SSSR count). The molecule has 1 aliphatic rings. The Bertz CT molecular complexity index is 329. The van der Waals surface area contributed by atoms with Gasteiger partial charge in [-0.3, -0.25) is 0 Å². The lowest BCUT2D eigenvalue weighted by Gasteiger charge is -2.23. The maximum Gasteiger partial charge on any atom is 0.120 e. The Hall–Kier alpha value is -1.18. The third-order valence-corrected chi connectivity index (χ3v) is 3.34. The summed E-state index contributed by atoms with van der Waals surface area (Å²) in [6, 6.07) is 6.08. The Morgan fingerprint density at radius 1 is 1.20 bits per heavy atom. The largest absolute Gasteiger partial charge is 0.497 e. The average Bonchev–Trinajstić information content (AvgIpc) is 2.30. The monoisotopic (exact) mass is 205 g/mol. The van der Waals surface area contributed by atoms with E-state index in [0.717, 1.165) is 11.4 Å². The van der Waals surface area contributed by atoms with Gasteiger partial charge >= 0.3 is 0 Å². The number of nitrogens with two attached hydrogens (primary N) is 1. The number of ether oxygens (including phenoxy) is 1. The molecule has 82 valence electrons. The fourth-order valence-corrected chi connectivity index (χ4v) is 2.47. The van der Waals surface area contributed by atoms with Gasteiger partial charge < -0.3 is 10.5 Å². The number of nitrogen functional groups attached to an aromatic ring is 1. The SMILES string of the molecule is COc1ccc(C2CCCCC2)c(N)c1. The number of hydrogen-bond donors (Lipinski definition) is 1. The summed E-state index contributed by atoms with van der Waals surface area (Å²) >= 11 is 0. The molecule has 0 aromatic heterocycles. The predicted octanol–water partition coefficient (Wildman–Crippen LogP) is 3.33. The van der Waals surface area contributed by atoms with Crippen LogP contribution in [0.15, 0.2) is 18.2 Å². The van der Waals surface area contributed by atoms with E-state index in [-0.39, 0.29) is 0 Å². The molecule has 2 nitrogen and oxygen atoms in total. The van der Waals surface area contributed by atoms with E-state index in [1.54, 1.807) is 7.11 Å². The number of hydrogen-bond acceptors (Lipinski definition) is 2. The zero-order chi connectivity index (χ0) is 10.7. The summed E-state index contributed by atoms with van der Waals surface area (Å²) in [4.78, 5) is 0. The highest BCUT2D eigenvalue weighted by atomic mass is 16.5. The number of methoxy groups -OCH3 is 1. The van der Waals surface area contributed by atoms with Gasteiger partial charge in [0.25, 0.3) is 0 Å². The van der Waals surface area contributed by atoms with E-state index >= 15 is 0 Å². The van der Waals surface area contributed by atoms with Crippen LogP contribution in [-0.2, 0) is 0 Å². The molecule has 1 aromatic carbocycles. The van der Waals surface area contributed by atoms with E-state index in [9.17, 15) is 0 Å². The van der Waals surface area contributed by atoms with Gasteiger partial charge in [0.2, 0.25) is 0 Å². The zero-order valence-electron chi connectivity index (χ0n) is 9.33. The van der Waals surface area contributed by atoms with Crippen LogP contribution < -0.4 is 10.5 Å². The molecule has 1 aliphatic carbocycles. The highest BCUT2D eigenvalue weighted by Crippen LogP contribution is 2.36. The smallest absolute Gasteiger partial charge is 0.120 e. The molecule has 0 heterocycles. The van der Waals surface area contributed by atoms with Gasteiger partial charge in [-0.2, -0.15) is 0 Å². The van der Waals surface area contributed by atoms with Crippen LogP contribution >= 0.6 is 0 Å². The summed E-state index contributed by atoms with van der Waals surface area (Å²) in [5.41, 5.74) is 8.25. The van der Waals surface area contributed by atoms with Crippen molar-refractivity contribution in [3.05, 3.63) is 23.8 Å². The second-order valence-electron chi connectivity index (χ2n) is 4.33. The zero-order valence-corrected chi connectivity index (χ0v) is 9.33. The second kappa shape index (κ2) is 4.56. The fraction of sp³-hybridized carbons (Fsp3) is 0.538. The highest BCUT2D eigenvalue weighted by molar-refractivity contribution is 5.53. The lowest BCUT2D eigenvalue weighted by Crippen LogP contribution is -2.07. The molecular formula is C13H19NO. The first-order valence-corrected chi connectivity index (χ1v) is 5.74. The van der Waals surface area contributed by atoms with E-state index in [1.807, 2.05) is 12.1 Å². The molecule has 0 spiro atoms. The summed E-state index contributed by atoms with van der Waals surface area (Å²) in [6.07, 6.45) is 6.64. The maximum absolute atomic E-state index is 6.05. The Morgan fingerprint density at radius 3 is 2.53 bits per heavy atom. The van der Waals surface area contributed by atoms with Gasteiger partial charge in [-0.05, 0) is 30.4 Å². The summed E-state index contributed by atoms with van der Waals surface area (Å²) in [6.45, 7) is 0. The third kappa shape index (κ3) is 2.25. The molecule has 0 bridgehead atoms. The molecule has 15 heavy (non-hydrogen) atoms. The van der Waals surface area contributed by atoms with Crippen LogP contribution in [0.4, 0.5) is 5.69 Å². The Kier molecular flexibility index (Phi) is 3.14. The minimum absolute atomic E-state index is 0.671. The van der Waals surface area contributed by atoms with Crippen LogP contribution in [0.3, 0.4) is 0 Å². The molecule has 0 amide bonds. The predicted molar refractivity (Wildman–Crippen MR) is 63.2 cm³/mol. The Morgan fingerprint density at radius 2 is 1.93 bits per heavy atom. The van der Waals surface area contributed by atoms with Crippen molar-refractivity contribution < 1.29 is 4.74 Å². The maximum atomic E-state index is 6.05. The molecule has 1 saturated carbocycles. The van der Waals surface area contributed by atoms with Crippen LogP contribution in [-0.4, -0.2) is 7.11 Å². The molecular weight excluding hydrogens is 186 g/mol. The van der Waals surface area contributed by atoms with E-state index < -0.39 is 0 Å². The standard InChI is InChI=1S/C13H19NO/c1-15-11-7-8-12(13(14)9-11)10-5-3-2-4-6-10/h7-10H,2-6,14H2,1H3. The van der Waals surface area contributed by atoms with Gasteiger partial charge in [-0.25, -0.2) is 0 Å². The average molecular weight is 205 g/mol. The number of benzene rings is 1. The first kappa shape index (κ1) is 10.3. The van der Waals surface area contributed by atoms with Gasteiger partial charge in [-0.15, -0.1) is 0 Å². The molecule has 1 aromatic rings. The lowest BCUT2D eigenvalue weighted by molar-refractivity contribution is 0.413. The second-order valence-corrected chi connectivity index (χ2v) is 4.33. The van der Waals surface area contributed by atoms with Crippen molar-refractivity contribution >= 4 is 5.69 Å². The summed E-state index contributed by atoms with van der Waals surface area (Å²) < 4.78 is 5.16. The van der Waals surface area contributed by atoms with Crippen molar-refractivity contribution in [3.8, 4) is 5.75 Å². The van der Waals surface area contributed by atoms with Crippen molar-refractivity contribution in [2.24, 2.45) is 0 Å². The molecule has 0 aliphatic heterocycles. The number of anilines is 1. The third-order valence-electron chi connectivity index (χ3n) is 3.34. The van der Waals surface area contributed by atoms with Crippen LogP contribution in [0.25, 0.3) is 0 Å². The van der Waals surface area contributed by atoms with Crippen LogP contribution in [0.5, 0.6) is 5.75 Å². The summed E-state index contributed by atoms with van der Waals surface area (Å²) in [5, 5.41) is 0. The van der Waals surface area contributed by atoms with E-state index in [2.05, 4.69) is 6.07 Å². The molecule has 0 unspecified atom stereocenters. The summed E-state index contributed by atoms with van der Waals surface area (Å²) in [7, 11) is 1.68. The molecule has 0 radical (unpaired) electrons. The van der Waals surface area contributed by atoms with E-state index in [1.165, 1.54) is 37.7 Å². The topological polar surface area (TPSA) is 35.2 Å². The molecule has 2 heteroatoms. The highest BCUT2D eigenvalue weighted by Gasteiger charge is 2.17. The first-order valence-electron chi connectivity index (χ1n) is 5.74. The van der Waals surface area contributed by atoms with Gasteiger partial charge in [0.15, 0.2) is 0 Å². The van der Waals surface area contributed by atoms with Gasteiger partial charge in [0, 0.05) is 11.8 Å². The quantitative estimate of drug-likeness (QED) is 0.752. The minimum Gasteiger partial charge on any atom is -0.497 e. The molecule has 2 N–H and O–H groups in total. The molecule has 0 saturated heterocycles. The normalized spacial score (nSPS) is 17.7. The van der Waals surface area contributed by atoms with Gasteiger partial charge in [-0.1, -0.05) is 25.3 Å². The van der Waals surface area contributed by atoms with Crippen molar-refractivity contribution in [2.75, 3.05) is 12.8 Å². The number of rotatable bonds is 2. The van der Waals surface area contributed by atoms with Crippen molar-refractivity contribution in [1.82, 2.24) is 0 Å². The van der Waals surface area contributed by atoms with Gasteiger partial charge in [0.1, 0.15) is 5.75 Å². The van der Waals surface area contributed by atoms with Crippen LogP contribution in [0.1, 0.15) is 43.6 Å². The molecule has 0 atom stereocenters. The minimum atomic E-state index is 0.671. The molecule has 1 fully saturated rings. The first-order chi connectivity index (χ1) is 7.31. The lowest BCUT2D eigenvalue weighted by atomic mass is 9.83. The fourth-order valence-electron chi connectivity index (χ4n) is 2.47. The van der Waals surface area contributed by atoms with Crippen molar-refractivity contribution in [1.29, 1.82) is 0 Å². The van der Waals surface area contributed by atoms with E-state index in [4.69, 9.17) is 10.5 Å². The van der Waals surface area contributed by atoms with E-state index in [0.29, 0.717) is 5.92 Å². The Balaban J connectivity index is 2.19.